The van der Waals surface area contributed by atoms with Crippen molar-refractivity contribution < 1.29 is 57.2 Å². The number of allylic oxidation sites excluding steroid dienone is 1. The Kier molecular flexibility index (Phi) is 19.2. The van der Waals surface area contributed by atoms with Gasteiger partial charge in [-0.3, -0.25) is 19.2 Å². The molecule has 14 nitrogen and oxygen atoms in total. The number of benzene rings is 1. The quantitative estimate of drug-likeness (QED) is 0.0335. The Hall–Kier alpha value is -5.06. The first-order valence-corrected chi connectivity index (χ1v) is 25.1. The summed E-state index contributed by atoms with van der Waals surface area (Å²) in [7, 11) is 0. The molecule has 1 aromatic carbocycles. The molecule has 0 amide bonds. The Bertz CT molecular complexity index is 2060. The van der Waals surface area contributed by atoms with Crippen LogP contribution >= 0.6 is 23.5 Å². The first-order valence-electron chi connectivity index (χ1n) is 23.4. The molecule has 66 heavy (non-hydrogen) atoms. The standard InChI is InChI=1S/C50H60N2O12S2/c1-3-42(53)59-25-5-6-26-61-46(55)35-15-7-31(8-16-35)33-11-19-37(20-12-33)48(57)63-40-23-24-41(45-44(40)65-50(66-45)39(29-51)30-52)64-49(58)38-21-13-34(14-22-38)32-9-17-36(18-10-32)47(56)62-28-27-60-43(54)4-2/h3-4,23-24,31-38H,1-2,5-22,25-28H2. The summed E-state index contributed by atoms with van der Waals surface area (Å²) in [6.07, 6.45) is 16.5. The summed E-state index contributed by atoms with van der Waals surface area (Å²) < 4.78 is 33.2. The van der Waals surface area contributed by atoms with Crippen LogP contribution in [0, 0.1) is 70.0 Å². The number of fused-ring (bicyclic) bond motifs is 1. The summed E-state index contributed by atoms with van der Waals surface area (Å²) in [5, 5.41) is 19.4. The lowest BCUT2D eigenvalue weighted by molar-refractivity contribution is -0.154. The van der Waals surface area contributed by atoms with Crippen LogP contribution in [0.3, 0.4) is 0 Å². The van der Waals surface area contributed by atoms with Crippen LogP contribution < -0.4 is 9.47 Å². The number of hydrogen-bond donors (Lipinski definition) is 0. The van der Waals surface area contributed by atoms with Gasteiger partial charge in [0.25, 0.3) is 0 Å². The minimum atomic E-state index is -0.555. The van der Waals surface area contributed by atoms with Gasteiger partial charge in [0.2, 0.25) is 0 Å². The number of hydrogen-bond acceptors (Lipinski definition) is 16. The van der Waals surface area contributed by atoms with Crippen LogP contribution in [0.1, 0.15) is 116 Å². The van der Waals surface area contributed by atoms with Crippen molar-refractivity contribution in [2.45, 2.75) is 125 Å². The molecule has 0 bridgehead atoms. The van der Waals surface area contributed by atoms with Crippen molar-refractivity contribution in [2.24, 2.45) is 47.3 Å². The van der Waals surface area contributed by atoms with Gasteiger partial charge in [0.1, 0.15) is 42.4 Å². The van der Waals surface area contributed by atoms with Gasteiger partial charge in [-0.05, 0) is 151 Å². The predicted octanol–water partition coefficient (Wildman–Crippen LogP) is 9.50. The van der Waals surface area contributed by atoms with E-state index in [9.17, 15) is 39.3 Å². The van der Waals surface area contributed by atoms with Gasteiger partial charge in [0.05, 0.1) is 50.9 Å². The minimum absolute atomic E-state index is 0.000652. The van der Waals surface area contributed by atoms with Crippen molar-refractivity contribution >= 4 is 59.3 Å². The number of ether oxygens (including phenoxy) is 6. The van der Waals surface area contributed by atoms with Crippen LogP contribution in [-0.2, 0) is 47.7 Å². The molecule has 5 aliphatic rings. The Morgan fingerprint density at radius 1 is 0.500 bits per heavy atom. The zero-order valence-corrected chi connectivity index (χ0v) is 39.1. The molecule has 0 saturated heterocycles. The van der Waals surface area contributed by atoms with Gasteiger partial charge in [-0.1, -0.05) is 36.7 Å². The predicted molar refractivity (Wildman–Crippen MR) is 243 cm³/mol. The molecule has 0 spiro atoms. The third kappa shape index (κ3) is 13.8. The zero-order chi connectivity index (χ0) is 47.0. The zero-order valence-electron chi connectivity index (χ0n) is 37.5. The molecule has 0 N–H and O–H groups in total. The van der Waals surface area contributed by atoms with E-state index in [1.165, 1.54) is 23.5 Å². The molecule has 4 aliphatic carbocycles. The van der Waals surface area contributed by atoms with E-state index in [1.54, 1.807) is 12.1 Å². The average molecular weight is 945 g/mol. The van der Waals surface area contributed by atoms with E-state index >= 15 is 0 Å². The number of unbranched alkanes of at least 4 members (excludes halogenated alkanes) is 1. The third-order valence-electron chi connectivity index (χ3n) is 14.0. The lowest BCUT2D eigenvalue weighted by Crippen LogP contribution is -2.32. The summed E-state index contributed by atoms with van der Waals surface area (Å²) in [5.74, 6) is -0.440. The Balaban J connectivity index is 0.948. The van der Waals surface area contributed by atoms with Gasteiger partial charge in [-0.15, -0.1) is 0 Å². The first kappa shape index (κ1) is 50.4. The number of rotatable bonds is 18. The minimum Gasteiger partial charge on any atom is -0.465 e. The van der Waals surface area contributed by atoms with Crippen LogP contribution in [0.4, 0.5) is 0 Å². The normalized spacial score (nSPS) is 25.9. The van der Waals surface area contributed by atoms with Gasteiger partial charge < -0.3 is 28.4 Å². The van der Waals surface area contributed by atoms with E-state index in [2.05, 4.69) is 13.2 Å². The second-order valence-corrected chi connectivity index (χ2v) is 20.2. The number of thioether (sulfide) groups is 2. The number of carbonyl (C=O) groups is 6. The van der Waals surface area contributed by atoms with E-state index < -0.39 is 11.9 Å². The highest BCUT2D eigenvalue weighted by Crippen LogP contribution is 2.59. The highest BCUT2D eigenvalue weighted by atomic mass is 32.2. The maximum atomic E-state index is 13.7. The summed E-state index contributed by atoms with van der Waals surface area (Å²) in [6, 6.07) is 7.15. The monoisotopic (exact) mass is 944 g/mol. The molecule has 4 fully saturated rings. The molecule has 6 rings (SSSR count). The molecule has 0 radical (unpaired) electrons. The molecule has 16 heteroatoms. The Labute approximate surface area is 395 Å². The molecule has 354 valence electrons. The van der Waals surface area contributed by atoms with E-state index in [4.69, 9.17) is 28.4 Å². The molecule has 0 unspecified atom stereocenters. The highest BCUT2D eigenvalue weighted by Gasteiger charge is 2.39. The van der Waals surface area contributed by atoms with Crippen molar-refractivity contribution in [3.05, 3.63) is 47.3 Å². The van der Waals surface area contributed by atoms with Gasteiger partial charge in [-0.2, -0.15) is 10.5 Å². The summed E-state index contributed by atoms with van der Waals surface area (Å²) in [5.41, 5.74) is -0.0727. The lowest BCUT2D eigenvalue weighted by Gasteiger charge is -2.36. The molecule has 1 heterocycles. The number of nitriles is 2. The van der Waals surface area contributed by atoms with Gasteiger partial charge in [0.15, 0.2) is 0 Å². The summed E-state index contributed by atoms with van der Waals surface area (Å²) >= 11 is 2.33. The van der Waals surface area contributed by atoms with Gasteiger partial charge in [0, 0.05) is 12.2 Å². The van der Waals surface area contributed by atoms with Crippen molar-refractivity contribution in [3.63, 3.8) is 0 Å². The lowest BCUT2D eigenvalue weighted by atomic mass is 9.69. The van der Waals surface area contributed by atoms with E-state index in [0.717, 1.165) is 89.2 Å². The van der Waals surface area contributed by atoms with Crippen molar-refractivity contribution in [1.29, 1.82) is 10.5 Å². The van der Waals surface area contributed by atoms with Crippen LogP contribution in [0.5, 0.6) is 11.5 Å². The molecule has 1 aliphatic heterocycles. The van der Waals surface area contributed by atoms with E-state index in [-0.39, 0.29) is 72.9 Å². The molecule has 1 aromatic rings. The highest BCUT2D eigenvalue weighted by molar-refractivity contribution is 8.24. The fourth-order valence-electron chi connectivity index (χ4n) is 10.2. The van der Waals surface area contributed by atoms with Gasteiger partial charge >= 0.3 is 35.8 Å². The smallest absolute Gasteiger partial charge is 0.330 e. The van der Waals surface area contributed by atoms with E-state index in [1.807, 2.05) is 12.1 Å². The molecule has 0 aromatic heterocycles. The summed E-state index contributed by atoms with van der Waals surface area (Å²) in [4.78, 5) is 76.0. The number of carbonyl (C=O) groups excluding carboxylic acids is 6. The molecule has 4 saturated carbocycles. The Morgan fingerprint density at radius 3 is 1.18 bits per heavy atom. The largest absolute Gasteiger partial charge is 0.465 e. The second-order valence-electron chi connectivity index (χ2n) is 17.9. The fraction of sp³-hybridized carbons (Fsp3) is 0.600. The second kappa shape index (κ2) is 25.2. The van der Waals surface area contributed by atoms with Crippen LogP contribution in [0.25, 0.3) is 0 Å². The molecular weight excluding hydrogens is 885 g/mol. The van der Waals surface area contributed by atoms with Gasteiger partial charge in [-0.25, -0.2) is 9.59 Å². The topological polar surface area (TPSA) is 205 Å². The van der Waals surface area contributed by atoms with Crippen LogP contribution in [0.2, 0.25) is 0 Å². The number of esters is 6. The number of nitrogens with zero attached hydrogens (tertiary/aromatic N) is 2. The maximum absolute atomic E-state index is 13.7. The molecular formula is C50H60N2O12S2. The maximum Gasteiger partial charge on any atom is 0.330 e. The van der Waals surface area contributed by atoms with Crippen LogP contribution in [0.15, 0.2) is 57.0 Å². The van der Waals surface area contributed by atoms with Crippen molar-refractivity contribution in [1.82, 2.24) is 0 Å². The van der Waals surface area contributed by atoms with Crippen molar-refractivity contribution in [2.75, 3.05) is 26.4 Å². The first-order chi connectivity index (χ1) is 32.0. The van der Waals surface area contributed by atoms with E-state index in [0.29, 0.717) is 94.3 Å². The Morgan fingerprint density at radius 2 is 0.818 bits per heavy atom. The van der Waals surface area contributed by atoms with Crippen molar-refractivity contribution in [3.8, 4) is 23.6 Å². The summed E-state index contributed by atoms with van der Waals surface area (Å²) in [6.45, 7) is 7.30. The third-order valence-corrected chi connectivity index (χ3v) is 16.6. The molecule has 0 atom stereocenters. The fourth-order valence-corrected chi connectivity index (χ4v) is 12.7. The van der Waals surface area contributed by atoms with Crippen LogP contribution in [-0.4, -0.2) is 62.2 Å². The average Bonchev–Trinajstić information content (AvgIpc) is 3.81. The SMILES string of the molecule is C=CC(=O)OCCCCOC(=O)C1CCC(C2CCC(C(=O)Oc3ccc(OC(=O)C4CCC(C5CCC(C(=O)OCCOC(=O)C=C)CC5)CC4)c4c3SC(=C(C#N)C#N)S4)CC2)CC1.